The van der Waals surface area contributed by atoms with E-state index in [0.29, 0.717) is 0 Å². The fraction of sp³-hybridized carbons (Fsp3) is 0.538. The second-order valence-electron chi connectivity index (χ2n) is 11.2. The van der Waals surface area contributed by atoms with Gasteiger partial charge in [0.05, 0.1) is 11.2 Å². The van der Waals surface area contributed by atoms with Gasteiger partial charge in [0.2, 0.25) is 0 Å². The summed E-state index contributed by atoms with van der Waals surface area (Å²) < 4.78 is 12.8. The Morgan fingerprint density at radius 2 is 1.24 bits per heavy atom. The largest absolute Gasteiger partial charge is 0.495 e. The van der Waals surface area contributed by atoms with Crippen LogP contribution >= 0.6 is 0 Å². The van der Waals surface area contributed by atoms with Crippen molar-refractivity contribution in [3.05, 3.63) is 53.6 Å². The summed E-state index contributed by atoms with van der Waals surface area (Å²) in [5.41, 5.74) is 6.28. The van der Waals surface area contributed by atoms with Gasteiger partial charge in [-0.1, -0.05) is 70.2 Å². The minimum atomic E-state index is -0.350. The highest BCUT2D eigenvalue weighted by Crippen LogP contribution is 2.47. The summed E-state index contributed by atoms with van der Waals surface area (Å²) in [5, 5.41) is 0. The lowest BCUT2D eigenvalue weighted by Gasteiger charge is -2.42. The molecule has 2 aliphatic rings. The van der Waals surface area contributed by atoms with Gasteiger partial charge < -0.3 is 9.31 Å². The van der Waals surface area contributed by atoms with Crippen LogP contribution in [0.3, 0.4) is 0 Å². The Hall–Kier alpha value is -1.58. The fourth-order valence-electron chi connectivity index (χ4n) is 4.69. The molecule has 1 fully saturated rings. The van der Waals surface area contributed by atoms with Crippen LogP contribution in [-0.2, 0) is 20.1 Å². The lowest BCUT2D eigenvalue weighted by molar-refractivity contribution is 0.00578. The fourth-order valence-corrected chi connectivity index (χ4v) is 4.69. The Bertz CT molecular complexity index is 923. The van der Waals surface area contributed by atoms with Crippen molar-refractivity contribution in [2.45, 2.75) is 90.3 Å². The molecule has 2 nitrogen and oxygen atoms in total. The first-order chi connectivity index (χ1) is 13.3. The lowest BCUT2D eigenvalue weighted by Crippen LogP contribution is -2.41. The molecule has 0 aromatic heterocycles. The monoisotopic (exact) mass is 390 g/mol. The van der Waals surface area contributed by atoms with Gasteiger partial charge in [-0.15, -0.1) is 0 Å². The van der Waals surface area contributed by atoms with Crippen molar-refractivity contribution >= 4 is 12.6 Å². The summed E-state index contributed by atoms with van der Waals surface area (Å²) in [6, 6.07) is 15.6. The molecule has 0 radical (unpaired) electrons. The number of rotatable bonds is 2. The van der Waals surface area contributed by atoms with Crippen molar-refractivity contribution in [2.24, 2.45) is 0 Å². The van der Waals surface area contributed by atoms with E-state index in [2.05, 4.69) is 97.9 Å². The number of fused-ring (bicyclic) bond motifs is 1. The van der Waals surface area contributed by atoms with Crippen LogP contribution in [0.5, 0.6) is 0 Å². The first-order valence-corrected chi connectivity index (χ1v) is 10.9. The highest BCUT2D eigenvalue weighted by molar-refractivity contribution is 6.63. The van der Waals surface area contributed by atoms with E-state index in [-0.39, 0.29) is 29.2 Å². The van der Waals surface area contributed by atoms with Gasteiger partial charge in [-0.3, -0.25) is 0 Å². The normalized spacial score (nSPS) is 23.7. The maximum absolute atomic E-state index is 6.38. The molecule has 29 heavy (non-hydrogen) atoms. The Labute approximate surface area is 177 Å². The van der Waals surface area contributed by atoms with Gasteiger partial charge in [0.15, 0.2) is 0 Å². The van der Waals surface area contributed by atoms with Crippen LogP contribution in [0, 0.1) is 0 Å². The van der Waals surface area contributed by atoms with E-state index in [1.54, 1.807) is 0 Å². The average Bonchev–Trinajstić information content (AvgIpc) is 2.86. The molecular weight excluding hydrogens is 355 g/mol. The molecule has 0 unspecified atom stereocenters. The number of benzene rings is 2. The van der Waals surface area contributed by atoms with Crippen LogP contribution < -0.4 is 5.46 Å². The molecule has 1 aliphatic carbocycles. The summed E-state index contributed by atoms with van der Waals surface area (Å²) in [7, 11) is -0.350. The van der Waals surface area contributed by atoms with Gasteiger partial charge in [-0.25, -0.2) is 0 Å². The highest BCUT2D eigenvalue weighted by Gasteiger charge is 2.52. The minimum absolute atomic E-state index is 0.195. The molecule has 0 atom stereocenters. The van der Waals surface area contributed by atoms with E-state index in [1.165, 1.54) is 35.1 Å². The molecular formula is C26H35BO2. The van der Waals surface area contributed by atoms with Crippen molar-refractivity contribution in [1.82, 2.24) is 0 Å². The topological polar surface area (TPSA) is 18.5 Å². The Morgan fingerprint density at radius 1 is 0.690 bits per heavy atom. The smallest absolute Gasteiger partial charge is 0.399 e. The lowest BCUT2D eigenvalue weighted by atomic mass is 9.62. The quantitative estimate of drug-likeness (QED) is 0.586. The summed E-state index contributed by atoms with van der Waals surface area (Å²) >= 11 is 0. The number of hydrogen-bond acceptors (Lipinski definition) is 2. The standard InChI is InChI=1S/C26H35BO2/c1-23(2)15-16-24(3,4)21-17-18(13-14-20(21)23)19-11-9-10-12-22(19)27-28-25(5,6)26(7,8)29-27/h9-14,17H,15-16H2,1-8H3. The maximum Gasteiger partial charge on any atom is 0.495 e. The third kappa shape index (κ3) is 3.37. The zero-order chi connectivity index (χ0) is 21.2. The average molecular weight is 390 g/mol. The van der Waals surface area contributed by atoms with Crippen molar-refractivity contribution in [1.29, 1.82) is 0 Å². The predicted octanol–water partition coefficient (Wildman–Crippen LogP) is 6.00. The predicted molar refractivity (Wildman–Crippen MR) is 123 cm³/mol. The molecule has 4 rings (SSSR count). The third-order valence-corrected chi connectivity index (χ3v) is 7.63. The van der Waals surface area contributed by atoms with Crippen LogP contribution in [0.1, 0.15) is 79.4 Å². The van der Waals surface area contributed by atoms with Gasteiger partial charge >= 0.3 is 7.12 Å². The minimum Gasteiger partial charge on any atom is -0.399 e. The zero-order valence-electron chi connectivity index (χ0n) is 19.3. The maximum atomic E-state index is 6.38. The SMILES string of the molecule is CC1(C)CCC(C)(C)c2cc(-c3ccccc3B3OC(C)(C)C(C)(C)O3)ccc21. The Balaban J connectivity index is 1.81. The molecule has 0 N–H and O–H groups in total. The van der Waals surface area contributed by atoms with Crippen LogP contribution in [0.15, 0.2) is 42.5 Å². The summed E-state index contributed by atoms with van der Waals surface area (Å²) in [6.45, 7) is 17.9. The molecule has 154 valence electrons. The van der Waals surface area contributed by atoms with E-state index in [0.717, 1.165) is 5.46 Å². The van der Waals surface area contributed by atoms with Gasteiger partial charge in [0, 0.05) is 0 Å². The summed E-state index contributed by atoms with van der Waals surface area (Å²) in [5.74, 6) is 0. The van der Waals surface area contributed by atoms with E-state index in [9.17, 15) is 0 Å². The van der Waals surface area contributed by atoms with E-state index < -0.39 is 0 Å². The van der Waals surface area contributed by atoms with Crippen LogP contribution in [0.25, 0.3) is 11.1 Å². The second-order valence-corrected chi connectivity index (χ2v) is 11.2. The Kier molecular flexibility index (Phi) is 4.61. The molecule has 1 saturated heterocycles. The first-order valence-electron chi connectivity index (χ1n) is 10.9. The van der Waals surface area contributed by atoms with Crippen LogP contribution in [0.4, 0.5) is 0 Å². The molecule has 0 amide bonds. The second kappa shape index (κ2) is 6.46. The molecule has 0 saturated carbocycles. The third-order valence-electron chi connectivity index (χ3n) is 7.63. The molecule has 0 spiro atoms. The van der Waals surface area contributed by atoms with Gasteiger partial charge in [0.1, 0.15) is 0 Å². The first kappa shape index (κ1) is 20.7. The van der Waals surface area contributed by atoms with E-state index >= 15 is 0 Å². The molecule has 3 heteroatoms. The van der Waals surface area contributed by atoms with Gasteiger partial charge in [0.25, 0.3) is 0 Å². The van der Waals surface area contributed by atoms with Crippen LogP contribution in [0.2, 0.25) is 0 Å². The van der Waals surface area contributed by atoms with Gasteiger partial charge in [-0.05, 0) is 79.1 Å². The van der Waals surface area contributed by atoms with Gasteiger partial charge in [-0.2, -0.15) is 0 Å². The zero-order valence-corrected chi connectivity index (χ0v) is 19.3. The number of hydrogen-bond donors (Lipinski definition) is 0. The molecule has 0 bridgehead atoms. The molecule has 2 aromatic carbocycles. The molecule has 1 aliphatic heterocycles. The summed E-state index contributed by atoms with van der Waals surface area (Å²) in [6.07, 6.45) is 2.45. The summed E-state index contributed by atoms with van der Waals surface area (Å²) in [4.78, 5) is 0. The van der Waals surface area contributed by atoms with E-state index in [1.807, 2.05) is 0 Å². The molecule has 2 aromatic rings. The van der Waals surface area contributed by atoms with E-state index in [4.69, 9.17) is 9.31 Å². The van der Waals surface area contributed by atoms with Crippen molar-refractivity contribution in [3.63, 3.8) is 0 Å². The van der Waals surface area contributed by atoms with Crippen molar-refractivity contribution in [3.8, 4) is 11.1 Å². The Morgan fingerprint density at radius 3 is 1.86 bits per heavy atom. The highest BCUT2D eigenvalue weighted by atomic mass is 16.7. The van der Waals surface area contributed by atoms with Crippen molar-refractivity contribution < 1.29 is 9.31 Å². The van der Waals surface area contributed by atoms with Crippen LogP contribution in [-0.4, -0.2) is 18.3 Å². The molecule has 1 heterocycles. The van der Waals surface area contributed by atoms with Crippen molar-refractivity contribution in [2.75, 3.05) is 0 Å².